The number of H-pyrrole nitrogens is 1. The predicted molar refractivity (Wildman–Crippen MR) is 47.4 cm³/mol. The van der Waals surface area contributed by atoms with Crippen LogP contribution in [0.5, 0.6) is 0 Å². The fraction of sp³-hybridized carbons (Fsp3) is 0.667. The van der Waals surface area contributed by atoms with Crippen molar-refractivity contribution in [1.29, 1.82) is 0 Å². The number of carbonyl (C=O) groups excluding carboxylic acids is 1. The van der Waals surface area contributed by atoms with Crippen molar-refractivity contribution < 1.29 is 4.79 Å². The Kier molecular flexibility index (Phi) is 1.90. The Bertz CT molecular complexity index is 329. The third kappa shape index (κ3) is 1.36. The van der Waals surface area contributed by atoms with Crippen molar-refractivity contribution in [2.45, 2.75) is 26.7 Å². The molecule has 0 fully saturated rings. The number of ketones is 1. The van der Waals surface area contributed by atoms with Crippen LogP contribution in [0.3, 0.4) is 0 Å². The van der Waals surface area contributed by atoms with Crippen molar-refractivity contribution in [2.75, 3.05) is 0 Å². The van der Waals surface area contributed by atoms with E-state index in [0.29, 0.717) is 24.0 Å². The summed E-state index contributed by atoms with van der Waals surface area (Å²) in [5.74, 6) is 1.12. The molecule has 0 bridgehead atoms. The lowest BCUT2D eigenvalue weighted by atomic mass is 9.81. The van der Waals surface area contributed by atoms with E-state index in [9.17, 15) is 4.79 Å². The molecule has 0 spiro atoms. The van der Waals surface area contributed by atoms with Crippen LogP contribution >= 0.6 is 0 Å². The minimum atomic E-state index is 0.133. The number of nitrogens with zero attached hydrogens (tertiary/aromatic N) is 2. The molecule has 1 aromatic heterocycles. The molecule has 13 heavy (non-hydrogen) atoms. The fourth-order valence-electron chi connectivity index (χ4n) is 1.76. The fourth-order valence-corrected chi connectivity index (χ4v) is 1.76. The van der Waals surface area contributed by atoms with Gasteiger partial charge in [-0.2, -0.15) is 0 Å². The highest BCUT2D eigenvalue weighted by atomic mass is 16.1. The molecule has 4 heteroatoms. The van der Waals surface area contributed by atoms with Crippen molar-refractivity contribution in [3.05, 3.63) is 11.4 Å². The predicted octanol–water partition coefficient (Wildman–Crippen LogP) is 1.21. The van der Waals surface area contributed by atoms with Crippen molar-refractivity contribution >= 4 is 5.78 Å². The van der Waals surface area contributed by atoms with Crippen LogP contribution in [0, 0.1) is 11.8 Å². The summed E-state index contributed by atoms with van der Waals surface area (Å²) >= 11 is 0. The lowest BCUT2D eigenvalue weighted by molar-refractivity contribution is 0.0927. The molecule has 0 aromatic carbocycles. The second-order valence-corrected chi connectivity index (χ2v) is 3.97. The largest absolute Gasteiger partial charge is 0.292 e. The van der Waals surface area contributed by atoms with Gasteiger partial charge in [0.15, 0.2) is 11.5 Å². The van der Waals surface area contributed by atoms with Gasteiger partial charge in [0.2, 0.25) is 0 Å². The summed E-state index contributed by atoms with van der Waals surface area (Å²) in [5.41, 5.74) is 1.46. The number of aromatic nitrogens is 3. The average molecular weight is 179 g/mol. The van der Waals surface area contributed by atoms with Crippen LogP contribution in [-0.4, -0.2) is 21.2 Å². The van der Waals surface area contributed by atoms with Crippen molar-refractivity contribution in [2.24, 2.45) is 11.8 Å². The van der Waals surface area contributed by atoms with Gasteiger partial charge < -0.3 is 0 Å². The number of Topliss-reactive ketones (excluding diaryl/α,β-unsaturated/α-hetero) is 1. The topological polar surface area (TPSA) is 58.6 Å². The van der Waals surface area contributed by atoms with Crippen LogP contribution in [0.2, 0.25) is 0 Å². The summed E-state index contributed by atoms with van der Waals surface area (Å²) in [6, 6.07) is 0. The number of hydrogen-bond donors (Lipinski definition) is 1. The van der Waals surface area contributed by atoms with Crippen molar-refractivity contribution in [3.8, 4) is 0 Å². The second-order valence-electron chi connectivity index (χ2n) is 3.97. The zero-order valence-electron chi connectivity index (χ0n) is 7.87. The summed E-state index contributed by atoms with van der Waals surface area (Å²) in [4.78, 5) is 11.5. The van der Waals surface area contributed by atoms with Crippen LogP contribution in [0.15, 0.2) is 0 Å². The molecule has 1 unspecified atom stereocenters. The molecule has 1 N–H and O–H groups in total. The van der Waals surface area contributed by atoms with E-state index < -0.39 is 0 Å². The maximum absolute atomic E-state index is 11.5. The van der Waals surface area contributed by atoms with E-state index in [2.05, 4.69) is 29.3 Å². The monoisotopic (exact) mass is 179 g/mol. The Morgan fingerprint density at radius 2 is 2.23 bits per heavy atom. The molecule has 0 amide bonds. The zero-order valence-corrected chi connectivity index (χ0v) is 7.87. The van der Waals surface area contributed by atoms with Gasteiger partial charge in [-0.25, -0.2) is 0 Å². The maximum Gasteiger partial charge on any atom is 0.185 e. The van der Waals surface area contributed by atoms with Crippen LogP contribution < -0.4 is 0 Å². The normalized spacial score (nSPS) is 22.1. The number of aromatic amines is 1. The summed E-state index contributed by atoms with van der Waals surface area (Å²) in [6.07, 6.45) is 1.53. The van der Waals surface area contributed by atoms with Crippen molar-refractivity contribution in [1.82, 2.24) is 15.4 Å². The quantitative estimate of drug-likeness (QED) is 0.704. The first kappa shape index (κ1) is 8.41. The van der Waals surface area contributed by atoms with Gasteiger partial charge in [-0.15, -0.1) is 5.10 Å². The Hall–Kier alpha value is -1.19. The van der Waals surface area contributed by atoms with E-state index in [4.69, 9.17) is 0 Å². The third-order valence-electron chi connectivity index (χ3n) is 2.74. The Balaban J connectivity index is 2.29. The Morgan fingerprint density at radius 1 is 1.46 bits per heavy atom. The molecule has 0 saturated heterocycles. The summed E-state index contributed by atoms with van der Waals surface area (Å²) < 4.78 is 0. The van der Waals surface area contributed by atoms with Gasteiger partial charge in [0.25, 0.3) is 0 Å². The number of carbonyl (C=O) groups is 1. The van der Waals surface area contributed by atoms with E-state index >= 15 is 0 Å². The first-order valence-corrected chi connectivity index (χ1v) is 4.61. The number of fused-ring (bicyclic) bond motifs is 1. The average Bonchev–Trinajstić information content (AvgIpc) is 2.51. The lowest BCUT2D eigenvalue weighted by Crippen LogP contribution is -2.23. The number of hydrogen-bond acceptors (Lipinski definition) is 3. The molecule has 1 aromatic rings. The van der Waals surface area contributed by atoms with Crippen LogP contribution in [-0.2, 0) is 6.42 Å². The minimum absolute atomic E-state index is 0.133. The van der Waals surface area contributed by atoms with Crippen LogP contribution in [0.1, 0.15) is 36.5 Å². The van der Waals surface area contributed by atoms with E-state index in [-0.39, 0.29) is 5.78 Å². The molecule has 1 heterocycles. The molecule has 0 saturated carbocycles. The van der Waals surface area contributed by atoms with Gasteiger partial charge in [-0.1, -0.05) is 19.1 Å². The molecule has 2 rings (SSSR count). The summed E-state index contributed by atoms with van der Waals surface area (Å²) in [5, 5.41) is 10.2. The zero-order chi connectivity index (χ0) is 9.42. The Morgan fingerprint density at radius 3 is 2.92 bits per heavy atom. The van der Waals surface area contributed by atoms with Crippen LogP contribution in [0.4, 0.5) is 0 Å². The maximum atomic E-state index is 11.5. The summed E-state index contributed by atoms with van der Waals surface area (Å²) in [7, 11) is 0. The van der Waals surface area contributed by atoms with E-state index in [1.807, 2.05) is 0 Å². The van der Waals surface area contributed by atoms with Gasteiger partial charge in [0, 0.05) is 6.42 Å². The standard InChI is InChI=1S/C9H13N3O/c1-5(2)6-3-7-9(8(13)4-6)11-12-10-7/h5-6H,3-4H2,1-2H3,(H,10,11,12). The molecule has 1 aliphatic rings. The smallest absolute Gasteiger partial charge is 0.185 e. The van der Waals surface area contributed by atoms with E-state index in [1.54, 1.807) is 0 Å². The Labute approximate surface area is 76.7 Å². The van der Waals surface area contributed by atoms with Gasteiger partial charge in [0.05, 0.1) is 5.69 Å². The molecule has 1 atom stereocenters. The highest BCUT2D eigenvalue weighted by Gasteiger charge is 2.29. The molecule has 1 aliphatic carbocycles. The molecule has 0 radical (unpaired) electrons. The first-order valence-electron chi connectivity index (χ1n) is 4.61. The number of rotatable bonds is 1. The number of nitrogens with one attached hydrogen (secondary N) is 1. The molecule has 70 valence electrons. The van der Waals surface area contributed by atoms with Gasteiger partial charge in [0.1, 0.15) is 0 Å². The molecular formula is C9H13N3O. The molecular weight excluding hydrogens is 166 g/mol. The van der Waals surface area contributed by atoms with Gasteiger partial charge in [-0.3, -0.25) is 9.89 Å². The van der Waals surface area contributed by atoms with E-state index in [1.165, 1.54) is 0 Å². The summed E-state index contributed by atoms with van der Waals surface area (Å²) in [6.45, 7) is 4.29. The SMILES string of the molecule is CC(C)C1CC(=O)c2nn[nH]c2C1. The third-order valence-corrected chi connectivity index (χ3v) is 2.74. The minimum Gasteiger partial charge on any atom is -0.292 e. The first-order chi connectivity index (χ1) is 6.18. The van der Waals surface area contributed by atoms with E-state index in [0.717, 1.165) is 12.1 Å². The second kappa shape index (κ2) is 2.94. The molecule has 4 nitrogen and oxygen atoms in total. The molecule has 0 aliphatic heterocycles. The van der Waals surface area contributed by atoms with Gasteiger partial charge >= 0.3 is 0 Å². The highest BCUT2D eigenvalue weighted by molar-refractivity contribution is 5.96. The van der Waals surface area contributed by atoms with Crippen molar-refractivity contribution in [3.63, 3.8) is 0 Å². The van der Waals surface area contributed by atoms with Crippen LogP contribution in [0.25, 0.3) is 0 Å². The highest BCUT2D eigenvalue weighted by Crippen LogP contribution is 2.27. The van der Waals surface area contributed by atoms with Gasteiger partial charge in [-0.05, 0) is 18.3 Å². The lowest BCUT2D eigenvalue weighted by Gasteiger charge is -2.22.